The molecule has 0 radical (unpaired) electrons. The standard InChI is InChI=1S/C18H18ClF3N2O4S/c1-12(15-4-2-3-5-16(15)19)24-17(25)10-11-23-29(26,27)14-8-6-13(7-9-14)28-18(20,21)22/h2-9,12,23H,10-11H2,1H3,(H,24,25)/t12-/m1/s1. The zero-order valence-corrected chi connectivity index (χ0v) is 16.7. The molecule has 2 rings (SSSR count). The highest BCUT2D eigenvalue weighted by Crippen LogP contribution is 2.24. The number of rotatable bonds is 8. The van der Waals surface area contributed by atoms with Gasteiger partial charge in [0.1, 0.15) is 5.75 Å². The number of ether oxygens (including phenoxy) is 1. The number of benzene rings is 2. The first-order valence-electron chi connectivity index (χ1n) is 8.37. The molecule has 0 bridgehead atoms. The summed E-state index contributed by atoms with van der Waals surface area (Å²) < 4.78 is 66.7. The van der Waals surface area contributed by atoms with E-state index in [-0.39, 0.29) is 23.9 Å². The highest BCUT2D eigenvalue weighted by molar-refractivity contribution is 7.89. The van der Waals surface area contributed by atoms with Gasteiger partial charge in [-0.1, -0.05) is 29.8 Å². The first-order valence-corrected chi connectivity index (χ1v) is 10.2. The Hall–Kier alpha value is -2.30. The summed E-state index contributed by atoms with van der Waals surface area (Å²) in [5.41, 5.74) is 0.726. The van der Waals surface area contributed by atoms with Gasteiger partial charge in [0, 0.05) is 18.0 Å². The van der Waals surface area contributed by atoms with Crippen molar-refractivity contribution < 1.29 is 31.1 Å². The predicted molar refractivity (Wildman–Crippen MR) is 101 cm³/mol. The lowest BCUT2D eigenvalue weighted by atomic mass is 10.1. The first kappa shape index (κ1) is 23.0. The van der Waals surface area contributed by atoms with Gasteiger partial charge in [-0.15, -0.1) is 13.2 Å². The minimum Gasteiger partial charge on any atom is -0.406 e. The fourth-order valence-corrected chi connectivity index (χ4v) is 3.75. The van der Waals surface area contributed by atoms with E-state index in [1.165, 1.54) is 0 Å². The van der Waals surface area contributed by atoms with Crippen molar-refractivity contribution in [2.75, 3.05) is 6.54 Å². The van der Waals surface area contributed by atoms with Crippen LogP contribution in [0.1, 0.15) is 24.9 Å². The molecule has 11 heteroatoms. The fraction of sp³-hybridized carbons (Fsp3) is 0.278. The molecule has 158 valence electrons. The summed E-state index contributed by atoms with van der Waals surface area (Å²) in [5.74, 6) is -0.932. The normalized spacial score (nSPS) is 13.0. The third kappa shape index (κ3) is 7.22. The van der Waals surface area contributed by atoms with Crippen LogP contribution in [0.4, 0.5) is 13.2 Å². The van der Waals surface area contributed by atoms with Gasteiger partial charge in [-0.2, -0.15) is 0 Å². The van der Waals surface area contributed by atoms with Crippen LogP contribution in [-0.2, 0) is 14.8 Å². The topological polar surface area (TPSA) is 84.5 Å². The zero-order chi connectivity index (χ0) is 21.7. The van der Waals surface area contributed by atoms with Crippen LogP contribution in [0.5, 0.6) is 5.75 Å². The minimum absolute atomic E-state index is 0.136. The third-order valence-corrected chi connectivity index (χ3v) is 5.58. The maximum atomic E-state index is 12.2. The fourth-order valence-electron chi connectivity index (χ4n) is 2.42. The van der Waals surface area contributed by atoms with Crippen molar-refractivity contribution in [1.82, 2.24) is 10.0 Å². The highest BCUT2D eigenvalue weighted by atomic mass is 35.5. The molecule has 1 atom stereocenters. The lowest BCUT2D eigenvalue weighted by molar-refractivity contribution is -0.274. The number of alkyl halides is 3. The lowest BCUT2D eigenvalue weighted by Crippen LogP contribution is -2.32. The molecule has 0 aliphatic heterocycles. The van der Waals surface area contributed by atoms with Gasteiger partial charge in [0.15, 0.2) is 0 Å². The Morgan fingerprint density at radius 3 is 2.34 bits per heavy atom. The van der Waals surface area contributed by atoms with Crippen LogP contribution in [0.3, 0.4) is 0 Å². The Bertz CT molecular complexity index is 950. The van der Waals surface area contributed by atoms with E-state index in [1.807, 2.05) is 0 Å². The van der Waals surface area contributed by atoms with E-state index in [0.717, 1.165) is 29.8 Å². The highest BCUT2D eigenvalue weighted by Gasteiger charge is 2.31. The summed E-state index contributed by atoms with van der Waals surface area (Å²) in [5, 5.41) is 3.21. The molecule has 2 aromatic carbocycles. The Balaban J connectivity index is 1.87. The summed E-state index contributed by atoms with van der Waals surface area (Å²) in [6.07, 6.45) is -5.00. The van der Waals surface area contributed by atoms with Gasteiger partial charge in [-0.3, -0.25) is 4.79 Å². The van der Waals surface area contributed by atoms with Crippen LogP contribution in [-0.4, -0.2) is 27.2 Å². The number of hydrogen-bond acceptors (Lipinski definition) is 4. The molecule has 0 saturated carbocycles. The van der Waals surface area contributed by atoms with E-state index in [4.69, 9.17) is 11.6 Å². The van der Waals surface area contributed by atoms with Crippen molar-refractivity contribution in [2.24, 2.45) is 0 Å². The predicted octanol–water partition coefficient (Wildman–Crippen LogP) is 3.78. The smallest absolute Gasteiger partial charge is 0.406 e. The molecule has 0 unspecified atom stereocenters. The molecule has 2 N–H and O–H groups in total. The van der Waals surface area contributed by atoms with Crippen LogP contribution in [0.15, 0.2) is 53.4 Å². The van der Waals surface area contributed by atoms with Crippen molar-refractivity contribution in [3.05, 3.63) is 59.1 Å². The Labute approximate surface area is 171 Å². The van der Waals surface area contributed by atoms with Gasteiger partial charge in [-0.25, -0.2) is 13.1 Å². The summed E-state index contributed by atoms with van der Waals surface area (Å²) in [7, 11) is -3.99. The summed E-state index contributed by atoms with van der Waals surface area (Å²) >= 11 is 6.07. The molecule has 0 aromatic heterocycles. The molecular formula is C18H18ClF3N2O4S. The third-order valence-electron chi connectivity index (χ3n) is 3.76. The second-order valence-corrected chi connectivity index (χ2v) is 8.15. The molecule has 29 heavy (non-hydrogen) atoms. The van der Waals surface area contributed by atoms with E-state index in [1.54, 1.807) is 31.2 Å². The molecule has 0 fully saturated rings. The van der Waals surface area contributed by atoms with Gasteiger partial charge >= 0.3 is 6.36 Å². The maximum absolute atomic E-state index is 12.2. The number of hydrogen-bond donors (Lipinski definition) is 2. The monoisotopic (exact) mass is 450 g/mol. The largest absolute Gasteiger partial charge is 0.573 e. The van der Waals surface area contributed by atoms with E-state index < -0.39 is 28.0 Å². The van der Waals surface area contributed by atoms with Crippen molar-refractivity contribution in [3.8, 4) is 5.75 Å². The number of amides is 1. The molecule has 0 aliphatic carbocycles. The molecule has 6 nitrogen and oxygen atoms in total. The van der Waals surface area contributed by atoms with Crippen molar-refractivity contribution in [3.63, 3.8) is 0 Å². The van der Waals surface area contributed by atoms with Crippen molar-refractivity contribution >= 4 is 27.5 Å². The molecule has 2 aromatic rings. The lowest BCUT2D eigenvalue weighted by Gasteiger charge is -2.16. The van der Waals surface area contributed by atoms with Gasteiger partial charge in [0.25, 0.3) is 0 Å². The number of halogens is 4. The van der Waals surface area contributed by atoms with E-state index in [0.29, 0.717) is 5.02 Å². The maximum Gasteiger partial charge on any atom is 0.573 e. The van der Waals surface area contributed by atoms with Crippen LogP contribution in [0.2, 0.25) is 5.02 Å². The Morgan fingerprint density at radius 2 is 1.76 bits per heavy atom. The second kappa shape index (κ2) is 9.47. The Kier molecular flexibility index (Phi) is 7.50. The van der Waals surface area contributed by atoms with Crippen LogP contribution in [0, 0.1) is 0 Å². The van der Waals surface area contributed by atoms with Gasteiger partial charge in [0.2, 0.25) is 15.9 Å². The number of sulfonamides is 1. The molecule has 0 heterocycles. The minimum atomic E-state index is -4.87. The molecule has 0 aliphatic rings. The van der Waals surface area contributed by atoms with Crippen molar-refractivity contribution in [1.29, 1.82) is 0 Å². The summed E-state index contributed by atoms with van der Waals surface area (Å²) in [6.45, 7) is 1.55. The summed E-state index contributed by atoms with van der Waals surface area (Å²) in [4.78, 5) is 11.8. The zero-order valence-electron chi connectivity index (χ0n) is 15.2. The van der Waals surface area contributed by atoms with Crippen LogP contribution in [0.25, 0.3) is 0 Å². The van der Waals surface area contributed by atoms with Gasteiger partial charge in [-0.05, 0) is 42.8 Å². The van der Waals surface area contributed by atoms with E-state index >= 15 is 0 Å². The Morgan fingerprint density at radius 1 is 1.14 bits per heavy atom. The van der Waals surface area contributed by atoms with Crippen molar-refractivity contribution in [2.45, 2.75) is 30.6 Å². The van der Waals surface area contributed by atoms with E-state index in [9.17, 15) is 26.4 Å². The first-order chi connectivity index (χ1) is 13.5. The van der Waals surface area contributed by atoms with Crippen LogP contribution < -0.4 is 14.8 Å². The molecular weight excluding hydrogens is 433 g/mol. The molecule has 1 amide bonds. The summed E-state index contributed by atoms with van der Waals surface area (Å²) in [6, 6.07) is 10.4. The van der Waals surface area contributed by atoms with Gasteiger partial charge in [0.05, 0.1) is 10.9 Å². The number of nitrogens with one attached hydrogen (secondary N) is 2. The van der Waals surface area contributed by atoms with Crippen LogP contribution >= 0.6 is 11.6 Å². The molecule has 0 saturated heterocycles. The average Bonchev–Trinajstić information content (AvgIpc) is 2.61. The van der Waals surface area contributed by atoms with E-state index in [2.05, 4.69) is 14.8 Å². The number of carbonyl (C=O) groups excluding carboxylic acids is 1. The average molecular weight is 451 g/mol. The quantitative estimate of drug-likeness (QED) is 0.641. The second-order valence-electron chi connectivity index (χ2n) is 5.98. The SMILES string of the molecule is C[C@@H](NC(=O)CCNS(=O)(=O)c1ccc(OC(F)(F)F)cc1)c1ccccc1Cl. The van der Waals surface area contributed by atoms with Gasteiger partial charge < -0.3 is 10.1 Å². The molecule has 0 spiro atoms. The number of carbonyl (C=O) groups is 1.